The molecule has 2 aliphatic rings. The molecule has 39 heavy (non-hydrogen) atoms. The van der Waals surface area contributed by atoms with E-state index in [-0.39, 0.29) is 5.92 Å². The fourth-order valence-electron chi connectivity index (χ4n) is 4.16. The summed E-state index contributed by atoms with van der Waals surface area (Å²) in [5.41, 5.74) is 0.764. The number of nitrogens with zero attached hydrogens (tertiary/aromatic N) is 3. The molecule has 0 radical (unpaired) electrons. The highest BCUT2D eigenvalue weighted by Gasteiger charge is 2.25. The van der Waals surface area contributed by atoms with Crippen LogP contribution in [-0.2, 0) is 11.0 Å². The number of methoxy groups -OCH3 is 1. The van der Waals surface area contributed by atoms with Crippen molar-refractivity contribution in [3.05, 3.63) is 47.3 Å². The summed E-state index contributed by atoms with van der Waals surface area (Å²) in [6.45, 7) is 12.3. The number of hydrogen-bond acceptors (Lipinski definition) is 9. The van der Waals surface area contributed by atoms with Crippen molar-refractivity contribution >= 4 is 39.4 Å². The summed E-state index contributed by atoms with van der Waals surface area (Å²) in [4.78, 5) is 15.7. The molecule has 4 rings (SSSR count). The van der Waals surface area contributed by atoms with Crippen LogP contribution in [-0.4, -0.2) is 51.2 Å². The van der Waals surface area contributed by atoms with Crippen molar-refractivity contribution in [3.63, 3.8) is 0 Å². The topological polar surface area (TPSA) is 110 Å². The van der Waals surface area contributed by atoms with E-state index in [1.807, 2.05) is 13.0 Å². The number of anilines is 2. The predicted octanol–water partition coefficient (Wildman–Crippen LogP) is 5.59. The molecule has 0 amide bonds. The number of allylic oxidation sites excluding steroid dienone is 2. The first-order chi connectivity index (χ1) is 18.9. The Hall–Kier alpha value is -2.63. The lowest BCUT2D eigenvalue weighted by Crippen LogP contribution is -2.38. The van der Waals surface area contributed by atoms with Crippen LogP contribution < -0.4 is 24.8 Å². The number of pyridine rings is 1. The number of nitrogens with one attached hydrogen (secondary N) is 3. The lowest BCUT2D eigenvalue weighted by molar-refractivity contribution is 0.320. The Morgan fingerprint density at radius 2 is 2.10 bits per heavy atom. The maximum atomic E-state index is 12.4. The lowest BCUT2D eigenvalue weighted by Gasteiger charge is -2.24. The molecule has 3 atom stereocenters. The first-order valence-electron chi connectivity index (χ1n) is 13.6. The molecule has 1 saturated carbocycles. The van der Waals surface area contributed by atoms with Crippen molar-refractivity contribution in [1.82, 2.24) is 20.3 Å². The zero-order chi connectivity index (χ0) is 27.8. The predicted molar refractivity (Wildman–Crippen MR) is 161 cm³/mol. The summed E-state index contributed by atoms with van der Waals surface area (Å²) in [5.74, 6) is 3.91. The molecular weight excluding hydrogens is 532 g/mol. The van der Waals surface area contributed by atoms with E-state index in [2.05, 4.69) is 45.8 Å². The van der Waals surface area contributed by atoms with Crippen LogP contribution in [0.15, 0.2) is 41.6 Å². The first-order valence-corrected chi connectivity index (χ1v) is 15.8. The number of rotatable bonds is 14. The molecule has 2 aromatic rings. The number of thioether (sulfide) groups is 1. The van der Waals surface area contributed by atoms with Crippen LogP contribution in [0, 0.1) is 11.8 Å². The van der Waals surface area contributed by atoms with Gasteiger partial charge in [-0.25, -0.2) is 14.2 Å². The van der Waals surface area contributed by atoms with Crippen LogP contribution in [0.3, 0.4) is 0 Å². The zero-order valence-electron chi connectivity index (χ0n) is 23.3. The summed E-state index contributed by atoms with van der Waals surface area (Å²) >= 11 is 1.53. The Labute approximate surface area is 238 Å². The Bertz CT molecular complexity index is 1200. The van der Waals surface area contributed by atoms with E-state index in [0.29, 0.717) is 41.1 Å². The number of ether oxygens (including phenoxy) is 2. The minimum atomic E-state index is -1.17. The van der Waals surface area contributed by atoms with Crippen LogP contribution in [0.4, 0.5) is 11.8 Å². The van der Waals surface area contributed by atoms with Gasteiger partial charge in [0, 0.05) is 30.5 Å². The molecule has 212 valence electrons. The van der Waals surface area contributed by atoms with Gasteiger partial charge in [0.2, 0.25) is 5.95 Å². The molecule has 11 heteroatoms. The molecule has 1 aliphatic carbocycles. The van der Waals surface area contributed by atoms with E-state index in [1.54, 1.807) is 25.4 Å². The third kappa shape index (κ3) is 8.68. The van der Waals surface area contributed by atoms with Crippen LogP contribution in [0.5, 0.6) is 11.6 Å². The van der Waals surface area contributed by atoms with E-state index in [9.17, 15) is 4.21 Å². The molecule has 9 nitrogen and oxygen atoms in total. The molecule has 3 heterocycles. The summed E-state index contributed by atoms with van der Waals surface area (Å²) in [6.07, 6.45) is 7.13. The Morgan fingerprint density at radius 1 is 1.28 bits per heavy atom. The zero-order valence-corrected chi connectivity index (χ0v) is 24.9. The van der Waals surface area contributed by atoms with E-state index < -0.39 is 11.0 Å². The third-order valence-electron chi connectivity index (χ3n) is 6.62. The van der Waals surface area contributed by atoms with Crippen molar-refractivity contribution < 1.29 is 13.7 Å². The first kappa shape index (κ1) is 29.4. The molecular formula is C28H40N6O3S2. The van der Waals surface area contributed by atoms with Gasteiger partial charge in [0.15, 0.2) is 5.75 Å². The van der Waals surface area contributed by atoms with Gasteiger partial charge in [0.1, 0.15) is 22.6 Å². The fourth-order valence-corrected chi connectivity index (χ4v) is 6.26. The maximum Gasteiger partial charge on any atom is 0.259 e. The molecule has 0 spiro atoms. The molecule has 3 unspecified atom stereocenters. The van der Waals surface area contributed by atoms with Gasteiger partial charge in [0.05, 0.1) is 17.7 Å². The van der Waals surface area contributed by atoms with Gasteiger partial charge in [0.25, 0.3) is 5.88 Å². The highest BCUT2D eigenvalue weighted by atomic mass is 32.2. The molecule has 3 N–H and O–H groups in total. The maximum absolute atomic E-state index is 12.4. The van der Waals surface area contributed by atoms with Crippen LogP contribution in [0.25, 0.3) is 4.91 Å². The lowest BCUT2D eigenvalue weighted by atomic mass is 10.1. The van der Waals surface area contributed by atoms with Crippen LogP contribution in [0.1, 0.15) is 58.6 Å². The van der Waals surface area contributed by atoms with Crippen molar-refractivity contribution in [2.75, 3.05) is 36.0 Å². The highest BCUT2D eigenvalue weighted by molar-refractivity contribution is 8.11. The van der Waals surface area contributed by atoms with Crippen molar-refractivity contribution in [2.24, 2.45) is 11.8 Å². The summed E-state index contributed by atoms with van der Waals surface area (Å²) in [6, 6.07) is 5.77. The molecule has 0 aromatic carbocycles. The largest absolute Gasteiger partial charge is 0.478 e. The van der Waals surface area contributed by atoms with Gasteiger partial charge >= 0.3 is 0 Å². The van der Waals surface area contributed by atoms with Gasteiger partial charge in [-0.2, -0.15) is 4.98 Å². The second kappa shape index (κ2) is 14.1. The second-order valence-corrected chi connectivity index (χ2v) is 12.7. The SMILES string of the molecule is C=C(C)S/C(=C(/Oc1ccc(NS(=O)CC2CC2)nc1OC)C(C)CC)c1ccnc(NC2CCCNC2)n1. The number of piperidine rings is 1. The van der Waals surface area contributed by atoms with Gasteiger partial charge in [-0.15, -0.1) is 0 Å². The van der Waals surface area contributed by atoms with E-state index >= 15 is 0 Å². The van der Waals surface area contributed by atoms with Crippen molar-refractivity contribution in [2.45, 2.75) is 58.9 Å². The van der Waals surface area contributed by atoms with E-state index in [1.165, 1.54) is 11.8 Å². The average Bonchev–Trinajstić information content (AvgIpc) is 3.75. The van der Waals surface area contributed by atoms with Crippen molar-refractivity contribution in [1.29, 1.82) is 0 Å². The Balaban J connectivity index is 1.64. The summed E-state index contributed by atoms with van der Waals surface area (Å²) in [5, 5.41) is 6.90. The average molecular weight is 573 g/mol. The molecule has 0 bridgehead atoms. The van der Waals surface area contributed by atoms with Gasteiger partial charge < -0.3 is 20.1 Å². The number of hydrogen-bond donors (Lipinski definition) is 3. The molecule has 2 aromatic heterocycles. The summed E-state index contributed by atoms with van der Waals surface area (Å²) in [7, 11) is 0.380. The summed E-state index contributed by atoms with van der Waals surface area (Å²) < 4.78 is 27.5. The monoisotopic (exact) mass is 572 g/mol. The quantitative estimate of drug-likeness (QED) is 0.250. The van der Waals surface area contributed by atoms with Crippen LogP contribution in [0.2, 0.25) is 0 Å². The van der Waals surface area contributed by atoms with Crippen LogP contribution >= 0.6 is 11.8 Å². The standard InChI is InChI=1S/C28H40N6O3S2/c1-6-19(4)25(37-23-11-12-24(33-27(23)36-5)34-39(35)17-20-9-10-20)26(38-18(2)3)22-13-15-30-28(32-22)31-21-8-7-14-29-16-21/h11-13,15,19-21,29H,2,6-10,14,16-17H2,1,3-5H3,(H,33,34)(H,30,31,32)/b26-25+. The van der Waals surface area contributed by atoms with E-state index in [4.69, 9.17) is 14.5 Å². The smallest absolute Gasteiger partial charge is 0.259 e. The molecule has 1 aliphatic heterocycles. The number of aromatic nitrogens is 3. The molecule has 1 saturated heterocycles. The van der Waals surface area contributed by atoms with Crippen molar-refractivity contribution in [3.8, 4) is 11.6 Å². The Kier molecular flexibility index (Phi) is 10.6. The van der Waals surface area contributed by atoms with Gasteiger partial charge in [-0.3, -0.25) is 4.72 Å². The molecule has 2 fully saturated rings. The minimum Gasteiger partial charge on any atom is -0.478 e. The van der Waals surface area contributed by atoms with Gasteiger partial charge in [-0.05, 0) is 74.6 Å². The highest BCUT2D eigenvalue weighted by Crippen LogP contribution is 2.40. The minimum absolute atomic E-state index is 0.0781. The third-order valence-corrected chi connectivity index (χ3v) is 8.79. The van der Waals surface area contributed by atoms with E-state index in [0.717, 1.165) is 66.5 Å². The fraction of sp³-hybridized carbons (Fsp3) is 0.536. The Morgan fingerprint density at radius 3 is 2.77 bits per heavy atom. The second-order valence-electron chi connectivity index (χ2n) is 10.1. The van der Waals surface area contributed by atoms with Gasteiger partial charge in [-0.1, -0.05) is 32.2 Å². The normalized spacial score (nSPS) is 19.4.